The average molecular weight is 208 g/mol. The molecule has 0 aromatic rings. The van der Waals surface area contributed by atoms with Crippen LogP contribution in [0.3, 0.4) is 0 Å². The Labute approximate surface area is 89.2 Å². The number of rotatable bonds is 0. The van der Waals surface area contributed by atoms with Gasteiger partial charge in [-0.15, -0.1) is 0 Å². The Kier molecular flexibility index (Phi) is 1.91. The third kappa shape index (κ3) is 1.18. The van der Waals surface area contributed by atoms with E-state index in [0.717, 1.165) is 19.3 Å². The molecule has 5 atom stereocenters. The van der Waals surface area contributed by atoms with Crippen molar-refractivity contribution in [2.75, 3.05) is 0 Å². The van der Waals surface area contributed by atoms with E-state index in [4.69, 9.17) is 4.74 Å². The third-order valence-electron chi connectivity index (χ3n) is 4.48. The summed E-state index contributed by atoms with van der Waals surface area (Å²) in [7, 11) is 0. The Bertz CT molecular complexity index is 323. The summed E-state index contributed by atoms with van der Waals surface area (Å²) in [6.45, 7) is 2.19. The number of ketones is 1. The van der Waals surface area contributed by atoms with Gasteiger partial charge in [-0.1, -0.05) is 6.92 Å². The van der Waals surface area contributed by atoms with Crippen LogP contribution in [-0.4, -0.2) is 17.9 Å². The molecule has 0 unspecified atom stereocenters. The first-order valence-corrected chi connectivity index (χ1v) is 5.91. The highest BCUT2D eigenvalue weighted by atomic mass is 16.5. The Morgan fingerprint density at radius 1 is 1.20 bits per heavy atom. The molecule has 15 heavy (non-hydrogen) atoms. The standard InChI is InChI=1S/C12H16O3/c1-6-2-3-7-11-8(13)4-5-9(10(6)11)15-12(7)14/h6-7,9-11H,2-5H2,1H3/t6-,7+,9+,10+,11-/m0/s1. The Morgan fingerprint density at radius 2 is 2.00 bits per heavy atom. The number of carbonyl (C=O) groups is 2. The van der Waals surface area contributed by atoms with E-state index in [0.29, 0.717) is 24.0 Å². The van der Waals surface area contributed by atoms with E-state index in [1.54, 1.807) is 0 Å². The summed E-state index contributed by atoms with van der Waals surface area (Å²) in [5.74, 6) is 0.936. The van der Waals surface area contributed by atoms with Crippen LogP contribution in [0.25, 0.3) is 0 Å². The van der Waals surface area contributed by atoms with Gasteiger partial charge >= 0.3 is 5.97 Å². The highest BCUT2D eigenvalue weighted by Gasteiger charge is 2.55. The third-order valence-corrected chi connectivity index (χ3v) is 4.48. The fourth-order valence-electron chi connectivity index (χ4n) is 3.76. The monoisotopic (exact) mass is 208 g/mol. The molecule has 0 N–H and O–H groups in total. The smallest absolute Gasteiger partial charge is 0.309 e. The molecule has 1 aliphatic heterocycles. The molecule has 1 heterocycles. The van der Waals surface area contributed by atoms with Gasteiger partial charge in [-0.3, -0.25) is 9.59 Å². The molecule has 0 amide bonds. The van der Waals surface area contributed by atoms with Crippen molar-refractivity contribution in [3.63, 3.8) is 0 Å². The van der Waals surface area contributed by atoms with Crippen LogP contribution in [0, 0.1) is 23.7 Å². The van der Waals surface area contributed by atoms with Gasteiger partial charge in [0.25, 0.3) is 0 Å². The summed E-state index contributed by atoms with van der Waals surface area (Å²) >= 11 is 0. The van der Waals surface area contributed by atoms with Crippen LogP contribution in [0.5, 0.6) is 0 Å². The molecular formula is C12H16O3. The molecule has 1 saturated heterocycles. The lowest BCUT2D eigenvalue weighted by Crippen LogP contribution is -2.56. The van der Waals surface area contributed by atoms with Crippen molar-refractivity contribution in [1.82, 2.24) is 0 Å². The number of carbonyl (C=O) groups excluding carboxylic acids is 2. The van der Waals surface area contributed by atoms with Gasteiger partial charge in [-0.2, -0.15) is 0 Å². The number of hydrogen-bond donors (Lipinski definition) is 0. The molecule has 2 aliphatic carbocycles. The van der Waals surface area contributed by atoms with Gasteiger partial charge in [-0.25, -0.2) is 0 Å². The molecule has 3 nitrogen and oxygen atoms in total. The predicted octanol–water partition coefficient (Wildman–Crippen LogP) is 1.55. The highest BCUT2D eigenvalue weighted by Crippen LogP contribution is 2.49. The van der Waals surface area contributed by atoms with Crippen LogP contribution in [0.1, 0.15) is 32.6 Å². The van der Waals surface area contributed by atoms with Crippen molar-refractivity contribution in [3.8, 4) is 0 Å². The van der Waals surface area contributed by atoms with Crippen molar-refractivity contribution < 1.29 is 14.3 Å². The molecule has 0 aromatic carbocycles. The molecule has 0 spiro atoms. The minimum atomic E-state index is -0.116. The van der Waals surface area contributed by atoms with Gasteiger partial charge < -0.3 is 4.74 Å². The number of esters is 1. The minimum Gasteiger partial charge on any atom is -0.462 e. The van der Waals surface area contributed by atoms with Gasteiger partial charge in [0.05, 0.1) is 5.92 Å². The van der Waals surface area contributed by atoms with Gasteiger partial charge in [0.15, 0.2) is 0 Å². The number of Topliss-reactive ketones (excluding diaryl/α,β-unsaturated/α-hetero) is 1. The summed E-state index contributed by atoms with van der Waals surface area (Å²) in [4.78, 5) is 23.6. The molecular weight excluding hydrogens is 192 g/mol. The van der Waals surface area contributed by atoms with Crippen molar-refractivity contribution in [2.45, 2.75) is 38.7 Å². The molecule has 0 aromatic heterocycles. The molecule has 2 saturated carbocycles. The summed E-state index contributed by atoms with van der Waals surface area (Å²) in [5, 5.41) is 0. The zero-order chi connectivity index (χ0) is 10.6. The lowest BCUT2D eigenvalue weighted by molar-refractivity contribution is -0.191. The fraction of sp³-hybridized carbons (Fsp3) is 0.833. The van der Waals surface area contributed by atoms with E-state index in [-0.39, 0.29) is 23.9 Å². The first-order chi connectivity index (χ1) is 7.18. The van der Waals surface area contributed by atoms with Crippen LogP contribution < -0.4 is 0 Å². The van der Waals surface area contributed by atoms with E-state index in [2.05, 4.69) is 6.92 Å². The van der Waals surface area contributed by atoms with Crippen molar-refractivity contribution in [3.05, 3.63) is 0 Å². The molecule has 4 bridgehead atoms. The maximum atomic E-state index is 11.9. The average Bonchev–Trinajstić information content (AvgIpc) is 2.21. The largest absolute Gasteiger partial charge is 0.462 e. The summed E-state index contributed by atoms with van der Waals surface area (Å²) in [5.41, 5.74) is 0. The lowest BCUT2D eigenvalue weighted by Gasteiger charge is -2.50. The van der Waals surface area contributed by atoms with Gasteiger partial charge in [-0.05, 0) is 25.2 Å². The van der Waals surface area contributed by atoms with Crippen LogP contribution in [0.2, 0.25) is 0 Å². The SMILES string of the molecule is C[C@H]1CC[C@H]2C(=O)O[C@@H]3CCC(=O)[C@H]2[C@H]13. The number of ether oxygens (including phenoxy) is 1. The fourth-order valence-corrected chi connectivity index (χ4v) is 3.76. The normalized spacial score (nSPS) is 48.7. The quantitative estimate of drug-likeness (QED) is 0.567. The van der Waals surface area contributed by atoms with Crippen molar-refractivity contribution in [2.24, 2.45) is 23.7 Å². The second kappa shape index (κ2) is 3.06. The Balaban J connectivity index is 2.01. The molecule has 82 valence electrons. The van der Waals surface area contributed by atoms with E-state index < -0.39 is 0 Å². The maximum absolute atomic E-state index is 11.9. The topological polar surface area (TPSA) is 43.4 Å². The first kappa shape index (κ1) is 9.37. The van der Waals surface area contributed by atoms with Crippen LogP contribution >= 0.6 is 0 Å². The molecule has 3 aliphatic rings. The first-order valence-electron chi connectivity index (χ1n) is 5.91. The molecule has 3 rings (SSSR count). The maximum Gasteiger partial charge on any atom is 0.309 e. The minimum absolute atomic E-state index is 0.00579. The van der Waals surface area contributed by atoms with Crippen molar-refractivity contribution in [1.29, 1.82) is 0 Å². The zero-order valence-electron chi connectivity index (χ0n) is 8.94. The summed E-state index contributed by atoms with van der Waals surface area (Å²) in [6, 6.07) is 0. The number of hydrogen-bond acceptors (Lipinski definition) is 3. The second-order valence-corrected chi connectivity index (χ2v) is 5.24. The lowest BCUT2D eigenvalue weighted by atomic mass is 9.58. The van der Waals surface area contributed by atoms with Gasteiger partial charge in [0.1, 0.15) is 11.9 Å². The van der Waals surface area contributed by atoms with E-state index in [9.17, 15) is 9.59 Å². The molecule has 3 fully saturated rings. The van der Waals surface area contributed by atoms with Crippen LogP contribution in [0.4, 0.5) is 0 Å². The van der Waals surface area contributed by atoms with Crippen LogP contribution in [0.15, 0.2) is 0 Å². The van der Waals surface area contributed by atoms with Crippen LogP contribution in [-0.2, 0) is 14.3 Å². The van der Waals surface area contributed by atoms with E-state index >= 15 is 0 Å². The van der Waals surface area contributed by atoms with E-state index in [1.807, 2.05) is 0 Å². The summed E-state index contributed by atoms with van der Waals surface area (Å²) < 4.78 is 5.45. The summed E-state index contributed by atoms with van der Waals surface area (Å²) in [6.07, 6.45) is 3.32. The van der Waals surface area contributed by atoms with E-state index in [1.165, 1.54) is 0 Å². The highest BCUT2D eigenvalue weighted by molar-refractivity contribution is 5.89. The molecule has 3 heteroatoms. The Hall–Kier alpha value is -0.860. The van der Waals surface area contributed by atoms with Gasteiger partial charge in [0.2, 0.25) is 0 Å². The predicted molar refractivity (Wildman–Crippen MR) is 53.0 cm³/mol. The Morgan fingerprint density at radius 3 is 2.80 bits per heavy atom. The molecule has 0 radical (unpaired) electrons. The second-order valence-electron chi connectivity index (χ2n) is 5.24. The van der Waals surface area contributed by atoms with Gasteiger partial charge in [0, 0.05) is 18.3 Å². The van der Waals surface area contributed by atoms with Crippen molar-refractivity contribution >= 4 is 11.8 Å². The zero-order valence-corrected chi connectivity index (χ0v) is 8.94.